The van der Waals surface area contributed by atoms with E-state index in [4.69, 9.17) is 9.47 Å². The lowest BCUT2D eigenvalue weighted by molar-refractivity contribution is 0.102. The standard InChI is InChI=1S/C27H31NO3/c1-7-30-25-9-8-22(27(29)28-24-12-17(2)10-18(3)13-24)15-23(25)16-31-26-14-19(4)11-20(5)21(26)6/h8-15H,7,16H2,1-6H3,(H,28,29). The number of anilines is 1. The first-order valence-corrected chi connectivity index (χ1v) is 10.6. The molecule has 0 unspecified atom stereocenters. The van der Waals surface area contributed by atoms with Crippen molar-refractivity contribution in [1.29, 1.82) is 0 Å². The Labute approximate surface area is 185 Å². The van der Waals surface area contributed by atoms with E-state index in [2.05, 4.69) is 38.2 Å². The molecule has 0 saturated carbocycles. The Balaban J connectivity index is 1.84. The molecule has 0 saturated heterocycles. The van der Waals surface area contributed by atoms with Crippen LogP contribution in [0, 0.1) is 34.6 Å². The van der Waals surface area contributed by atoms with Crippen LogP contribution in [0.5, 0.6) is 11.5 Å². The number of hydrogen-bond acceptors (Lipinski definition) is 3. The summed E-state index contributed by atoms with van der Waals surface area (Å²) in [5, 5.41) is 3.00. The van der Waals surface area contributed by atoms with E-state index < -0.39 is 0 Å². The fraction of sp³-hybridized carbons (Fsp3) is 0.296. The van der Waals surface area contributed by atoms with Crippen molar-refractivity contribution in [3.8, 4) is 11.5 Å². The Hall–Kier alpha value is -3.27. The van der Waals surface area contributed by atoms with Gasteiger partial charge in [0.1, 0.15) is 18.1 Å². The van der Waals surface area contributed by atoms with Crippen molar-refractivity contribution in [3.63, 3.8) is 0 Å². The Morgan fingerprint density at radius 1 is 0.806 bits per heavy atom. The molecule has 1 amide bonds. The van der Waals surface area contributed by atoms with Gasteiger partial charge in [-0.25, -0.2) is 0 Å². The molecular formula is C27H31NO3. The van der Waals surface area contributed by atoms with Crippen molar-refractivity contribution in [3.05, 3.63) is 87.5 Å². The second-order valence-electron chi connectivity index (χ2n) is 8.08. The Bertz CT molecular complexity index is 1080. The average Bonchev–Trinajstić information content (AvgIpc) is 2.69. The van der Waals surface area contributed by atoms with Gasteiger partial charge in [0.25, 0.3) is 5.91 Å². The SMILES string of the molecule is CCOc1ccc(C(=O)Nc2cc(C)cc(C)c2)cc1COc1cc(C)cc(C)c1C. The van der Waals surface area contributed by atoms with Crippen molar-refractivity contribution in [2.75, 3.05) is 11.9 Å². The average molecular weight is 418 g/mol. The second kappa shape index (κ2) is 9.69. The van der Waals surface area contributed by atoms with Crippen LogP contribution in [0.3, 0.4) is 0 Å². The first-order chi connectivity index (χ1) is 14.8. The molecule has 0 aromatic heterocycles. The highest BCUT2D eigenvalue weighted by Gasteiger charge is 2.13. The van der Waals surface area contributed by atoms with Crippen LogP contribution in [0.25, 0.3) is 0 Å². The van der Waals surface area contributed by atoms with Gasteiger partial charge in [-0.3, -0.25) is 4.79 Å². The molecule has 3 aromatic rings. The molecule has 0 bridgehead atoms. The topological polar surface area (TPSA) is 47.6 Å². The van der Waals surface area contributed by atoms with Gasteiger partial charge in [0.15, 0.2) is 0 Å². The minimum atomic E-state index is -0.156. The molecule has 1 N–H and O–H groups in total. The zero-order valence-electron chi connectivity index (χ0n) is 19.3. The third kappa shape index (κ3) is 5.66. The highest BCUT2D eigenvalue weighted by atomic mass is 16.5. The van der Waals surface area contributed by atoms with Crippen LogP contribution < -0.4 is 14.8 Å². The van der Waals surface area contributed by atoms with E-state index >= 15 is 0 Å². The maximum atomic E-state index is 12.9. The van der Waals surface area contributed by atoms with E-state index in [1.807, 2.05) is 51.1 Å². The molecule has 0 radical (unpaired) electrons. The minimum Gasteiger partial charge on any atom is -0.493 e. The Morgan fingerprint density at radius 2 is 1.48 bits per heavy atom. The monoisotopic (exact) mass is 417 g/mol. The summed E-state index contributed by atoms with van der Waals surface area (Å²) in [5.41, 5.74) is 7.89. The third-order valence-corrected chi connectivity index (χ3v) is 5.25. The zero-order chi connectivity index (χ0) is 22.5. The van der Waals surface area contributed by atoms with Crippen LogP contribution in [0.2, 0.25) is 0 Å². The largest absolute Gasteiger partial charge is 0.493 e. The van der Waals surface area contributed by atoms with Crippen molar-refractivity contribution < 1.29 is 14.3 Å². The van der Waals surface area contributed by atoms with Crippen LogP contribution >= 0.6 is 0 Å². The Kier molecular flexibility index (Phi) is 7.01. The molecule has 4 nitrogen and oxygen atoms in total. The van der Waals surface area contributed by atoms with E-state index in [1.165, 1.54) is 5.56 Å². The maximum absolute atomic E-state index is 12.9. The fourth-order valence-electron chi connectivity index (χ4n) is 3.69. The van der Waals surface area contributed by atoms with E-state index in [0.29, 0.717) is 18.8 Å². The normalized spacial score (nSPS) is 10.6. The van der Waals surface area contributed by atoms with Crippen LogP contribution in [-0.4, -0.2) is 12.5 Å². The van der Waals surface area contributed by atoms with E-state index in [9.17, 15) is 4.79 Å². The van der Waals surface area contributed by atoms with Gasteiger partial charge in [-0.15, -0.1) is 0 Å². The Morgan fingerprint density at radius 3 is 2.16 bits per heavy atom. The molecule has 0 heterocycles. The highest BCUT2D eigenvalue weighted by molar-refractivity contribution is 6.04. The molecular weight excluding hydrogens is 386 g/mol. The van der Waals surface area contributed by atoms with Crippen molar-refractivity contribution in [2.24, 2.45) is 0 Å². The molecule has 3 rings (SSSR count). The first-order valence-electron chi connectivity index (χ1n) is 10.6. The van der Waals surface area contributed by atoms with Gasteiger partial charge in [-0.1, -0.05) is 12.1 Å². The third-order valence-electron chi connectivity index (χ3n) is 5.25. The summed E-state index contributed by atoms with van der Waals surface area (Å²) in [6, 6.07) is 15.7. The lowest BCUT2D eigenvalue weighted by Gasteiger charge is -2.16. The van der Waals surface area contributed by atoms with Gasteiger partial charge < -0.3 is 14.8 Å². The minimum absolute atomic E-state index is 0.156. The van der Waals surface area contributed by atoms with E-state index in [1.54, 1.807) is 6.07 Å². The lowest BCUT2D eigenvalue weighted by atomic mass is 10.1. The molecule has 31 heavy (non-hydrogen) atoms. The molecule has 3 aromatic carbocycles. The van der Waals surface area contributed by atoms with Crippen LogP contribution in [0.15, 0.2) is 48.5 Å². The molecule has 0 aliphatic carbocycles. The molecule has 0 aliphatic heterocycles. The summed E-state index contributed by atoms with van der Waals surface area (Å²) in [7, 11) is 0. The second-order valence-corrected chi connectivity index (χ2v) is 8.08. The van der Waals surface area contributed by atoms with Crippen LogP contribution in [-0.2, 0) is 6.61 Å². The lowest BCUT2D eigenvalue weighted by Crippen LogP contribution is -2.13. The van der Waals surface area contributed by atoms with E-state index in [0.717, 1.165) is 45.0 Å². The fourth-order valence-corrected chi connectivity index (χ4v) is 3.69. The number of rotatable bonds is 7. The van der Waals surface area contributed by atoms with Gasteiger partial charge in [-0.2, -0.15) is 0 Å². The van der Waals surface area contributed by atoms with Crippen LogP contribution in [0.1, 0.15) is 50.7 Å². The van der Waals surface area contributed by atoms with Gasteiger partial charge in [0, 0.05) is 16.8 Å². The smallest absolute Gasteiger partial charge is 0.255 e. The summed E-state index contributed by atoms with van der Waals surface area (Å²) in [6.07, 6.45) is 0. The van der Waals surface area contributed by atoms with Gasteiger partial charge in [0.05, 0.1) is 6.61 Å². The molecule has 0 atom stereocenters. The summed E-state index contributed by atoms with van der Waals surface area (Å²) in [5.74, 6) is 1.43. The predicted octanol–water partition coefficient (Wildman–Crippen LogP) is 6.46. The number of carbonyl (C=O) groups is 1. The summed E-state index contributed by atoms with van der Waals surface area (Å²) >= 11 is 0. The zero-order valence-corrected chi connectivity index (χ0v) is 19.3. The number of hydrogen-bond donors (Lipinski definition) is 1. The highest BCUT2D eigenvalue weighted by Crippen LogP contribution is 2.27. The van der Waals surface area contributed by atoms with E-state index in [-0.39, 0.29) is 5.91 Å². The number of ether oxygens (including phenoxy) is 2. The van der Waals surface area contributed by atoms with Crippen molar-refractivity contribution in [1.82, 2.24) is 0 Å². The predicted molar refractivity (Wildman–Crippen MR) is 126 cm³/mol. The number of aryl methyl sites for hydroxylation is 4. The van der Waals surface area contributed by atoms with Crippen molar-refractivity contribution in [2.45, 2.75) is 48.1 Å². The first kappa shape index (κ1) is 22.4. The number of carbonyl (C=O) groups excluding carboxylic acids is 1. The quantitative estimate of drug-likeness (QED) is 0.480. The number of amides is 1. The molecule has 0 spiro atoms. The number of nitrogens with one attached hydrogen (secondary N) is 1. The molecule has 162 valence electrons. The van der Waals surface area contributed by atoms with Gasteiger partial charge in [-0.05, 0) is 106 Å². The maximum Gasteiger partial charge on any atom is 0.255 e. The summed E-state index contributed by atoms with van der Waals surface area (Å²) < 4.78 is 11.9. The summed E-state index contributed by atoms with van der Waals surface area (Å²) in [6.45, 7) is 13.0. The van der Waals surface area contributed by atoms with Crippen LogP contribution in [0.4, 0.5) is 5.69 Å². The molecule has 0 aliphatic rings. The van der Waals surface area contributed by atoms with Gasteiger partial charge in [0.2, 0.25) is 0 Å². The van der Waals surface area contributed by atoms with Crippen molar-refractivity contribution >= 4 is 11.6 Å². The summed E-state index contributed by atoms with van der Waals surface area (Å²) in [4.78, 5) is 12.9. The number of benzene rings is 3. The molecule has 0 fully saturated rings. The van der Waals surface area contributed by atoms with Gasteiger partial charge >= 0.3 is 0 Å². The molecule has 4 heteroatoms.